The highest BCUT2D eigenvalue weighted by Crippen LogP contribution is 2.50. The van der Waals surface area contributed by atoms with Gasteiger partial charge in [0, 0.05) is 37.1 Å². The standard InChI is InChI=1S/C30H30N2O6S/c1-2-17-30-27(38-28(31-30)22-13-15-23(16-14-22)37-20-8-19-33)25-11-6-7-12-26(25)32(29(30)34)18-21-39(35,36)24-9-4-3-5-10-24/h2-7,9-16,27,33H,1,8,17-21H2/t27-,30-/m0/s1. The number of sulfone groups is 1. The summed E-state index contributed by atoms with van der Waals surface area (Å²) in [6, 6.07) is 22.8. The summed E-state index contributed by atoms with van der Waals surface area (Å²) in [5, 5.41) is 8.96. The molecule has 0 fully saturated rings. The van der Waals surface area contributed by atoms with E-state index >= 15 is 0 Å². The molecular weight excluding hydrogens is 516 g/mol. The van der Waals surface area contributed by atoms with E-state index < -0.39 is 21.5 Å². The van der Waals surface area contributed by atoms with Crippen LogP contribution in [0.15, 0.2) is 101 Å². The second kappa shape index (κ2) is 11.0. The maximum absolute atomic E-state index is 14.2. The third-order valence-corrected chi connectivity index (χ3v) is 8.61. The van der Waals surface area contributed by atoms with Crippen LogP contribution in [0.2, 0.25) is 0 Å². The van der Waals surface area contributed by atoms with Crippen molar-refractivity contribution in [1.82, 2.24) is 0 Å². The van der Waals surface area contributed by atoms with Crippen molar-refractivity contribution in [2.45, 2.75) is 29.4 Å². The SMILES string of the molecule is C=CC[C@]12N=C(c3ccc(OCCCO)cc3)O[C@H]1c1ccccc1N(CCS(=O)(=O)c1ccccc1)C2=O. The summed E-state index contributed by atoms with van der Waals surface area (Å²) in [5.74, 6) is 0.413. The van der Waals surface area contributed by atoms with E-state index in [0.717, 1.165) is 5.56 Å². The van der Waals surface area contributed by atoms with Crippen LogP contribution >= 0.6 is 0 Å². The maximum Gasteiger partial charge on any atom is 0.259 e. The number of amides is 1. The third kappa shape index (κ3) is 5.07. The predicted molar refractivity (Wildman–Crippen MR) is 149 cm³/mol. The summed E-state index contributed by atoms with van der Waals surface area (Å²) < 4.78 is 38.1. The van der Waals surface area contributed by atoms with Gasteiger partial charge in [0.2, 0.25) is 5.90 Å². The Balaban J connectivity index is 1.47. The lowest BCUT2D eigenvalue weighted by Crippen LogP contribution is -2.55. The zero-order valence-electron chi connectivity index (χ0n) is 21.4. The molecule has 202 valence electrons. The summed E-state index contributed by atoms with van der Waals surface area (Å²) in [6.07, 6.45) is 1.72. The highest BCUT2D eigenvalue weighted by atomic mass is 32.2. The average molecular weight is 547 g/mol. The van der Waals surface area contributed by atoms with Crippen LogP contribution < -0.4 is 9.64 Å². The molecule has 1 amide bonds. The Bertz CT molecular complexity index is 1490. The van der Waals surface area contributed by atoms with Crippen LogP contribution in [-0.4, -0.2) is 56.4 Å². The van der Waals surface area contributed by atoms with Gasteiger partial charge in [0.25, 0.3) is 5.91 Å². The number of carbonyl (C=O) groups excluding carboxylic acids is 1. The van der Waals surface area contributed by atoms with Crippen molar-refractivity contribution in [3.63, 3.8) is 0 Å². The first kappa shape index (κ1) is 26.6. The monoisotopic (exact) mass is 546 g/mol. The zero-order valence-corrected chi connectivity index (χ0v) is 22.2. The minimum absolute atomic E-state index is 0.0244. The van der Waals surface area contributed by atoms with E-state index in [1.807, 2.05) is 30.3 Å². The Labute approximate surface area is 228 Å². The summed E-state index contributed by atoms with van der Waals surface area (Å²) in [7, 11) is -3.61. The molecule has 0 radical (unpaired) electrons. The molecule has 2 heterocycles. The third-order valence-electron chi connectivity index (χ3n) is 6.90. The Kier molecular flexibility index (Phi) is 7.54. The summed E-state index contributed by atoms with van der Waals surface area (Å²) in [4.78, 5) is 20.8. The van der Waals surface area contributed by atoms with Gasteiger partial charge in [0.1, 0.15) is 5.75 Å². The van der Waals surface area contributed by atoms with Gasteiger partial charge in [-0.3, -0.25) is 4.79 Å². The van der Waals surface area contributed by atoms with Gasteiger partial charge in [-0.15, -0.1) is 6.58 Å². The molecule has 0 spiro atoms. The fourth-order valence-electron chi connectivity index (χ4n) is 4.97. The number of carbonyl (C=O) groups is 1. The van der Waals surface area contributed by atoms with E-state index in [0.29, 0.717) is 35.9 Å². The molecule has 39 heavy (non-hydrogen) atoms. The van der Waals surface area contributed by atoms with Gasteiger partial charge in [-0.05, 0) is 42.5 Å². The number of rotatable bonds is 11. The largest absolute Gasteiger partial charge is 0.494 e. The second-order valence-corrected chi connectivity index (χ2v) is 11.5. The van der Waals surface area contributed by atoms with Crippen LogP contribution in [0, 0.1) is 0 Å². The van der Waals surface area contributed by atoms with Gasteiger partial charge in [-0.25, -0.2) is 13.4 Å². The molecule has 0 unspecified atom stereocenters. The molecule has 8 nitrogen and oxygen atoms in total. The van der Waals surface area contributed by atoms with Crippen molar-refractivity contribution in [1.29, 1.82) is 0 Å². The van der Waals surface area contributed by atoms with Gasteiger partial charge >= 0.3 is 0 Å². The average Bonchev–Trinajstić information content (AvgIpc) is 3.35. The van der Waals surface area contributed by atoms with Crippen LogP contribution in [-0.2, 0) is 19.4 Å². The highest BCUT2D eigenvalue weighted by molar-refractivity contribution is 7.91. The Morgan fingerprint density at radius 3 is 2.49 bits per heavy atom. The molecule has 0 saturated heterocycles. The first-order valence-electron chi connectivity index (χ1n) is 12.8. The number of anilines is 1. The number of aliphatic imine (C=N–C) groups is 1. The molecule has 5 rings (SSSR count). The van der Waals surface area contributed by atoms with Crippen LogP contribution in [0.3, 0.4) is 0 Å². The van der Waals surface area contributed by atoms with E-state index in [9.17, 15) is 13.2 Å². The molecule has 1 N–H and O–H groups in total. The van der Waals surface area contributed by atoms with Crippen molar-refractivity contribution < 1.29 is 27.8 Å². The Morgan fingerprint density at radius 2 is 1.77 bits per heavy atom. The first-order valence-corrected chi connectivity index (χ1v) is 14.4. The van der Waals surface area contributed by atoms with Crippen molar-refractivity contribution in [2.75, 3.05) is 30.4 Å². The lowest BCUT2D eigenvalue weighted by atomic mass is 9.80. The molecule has 2 aliphatic heterocycles. The maximum atomic E-state index is 14.2. The van der Waals surface area contributed by atoms with E-state index in [-0.39, 0.29) is 36.1 Å². The molecule has 3 aromatic rings. The van der Waals surface area contributed by atoms with Crippen molar-refractivity contribution in [3.05, 3.63) is 103 Å². The molecule has 3 aromatic carbocycles. The smallest absolute Gasteiger partial charge is 0.259 e. The number of benzene rings is 3. The number of fused-ring (bicyclic) bond motifs is 3. The van der Waals surface area contributed by atoms with Crippen molar-refractivity contribution >= 4 is 27.3 Å². The number of nitrogens with zero attached hydrogens (tertiary/aromatic N) is 2. The van der Waals surface area contributed by atoms with E-state index in [4.69, 9.17) is 19.6 Å². The molecular formula is C30H30N2O6S. The molecule has 9 heteroatoms. The second-order valence-electron chi connectivity index (χ2n) is 9.43. The quantitative estimate of drug-likeness (QED) is 0.287. The van der Waals surface area contributed by atoms with Crippen LogP contribution in [0.4, 0.5) is 5.69 Å². The highest BCUT2D eigenvalue weighted by Gasteiger charge is 2.58. The van der Waals surface area contributed by atoms with Crippen LogP contribution in [0.25, 0.3) is 0 Å². The minimum atomic E-state index is -3.61. The van der Waals surface area contributed by atoms with E-state index in [1.165, 1.54) is 4.90 Å². The Hall–Kier alpha value is -3.95. The topological polar surface area (TPSA) is 106 Å². The summed E-state index contributed by atoms with van der Waals surface area (Å²) in [6.45, 7) is 4.30. The first-order chi connectivity index (χ1) is 18.9. The van der Waals surface area contributed by atoms with Gasteiger partial charge in [-0.1, -0.05) is 42.5 Å². The van der Waals surface area contributed by atoms with Gasteiger partial charge in [0.15, 0.2) is 21.5 Å². The van der Waals surface area contributed by atoms with Gasteiger partial charge < -0.3 is 19.5 Å². The number of hydrogen-bond donors (Lipinski definition) is 1. The molecule has 0 aliphatic carbocycles. The molecule has 0 aromatic heterocycles. The normalized spacial score (nSPS) is 20.0. The number of hydrogen-bond acceptors (Lipinski definition) is 7. The number of aliphatic hydroxyl groups is 1. The fourth-order valence-corrected chi connectivity index (χ4v) is 6.20. The fraction of sp³-hybridized carbons (Fsp3) is 0.267. The predicted octanol–water partition coefficient (Wildman–Crippen LogP) is 4.10. The van der Waals surface area contributed by atoms with Crippen LogP contribution in [0.1, 0.15) is 30.1 Å². The zero-order chi connectivity index (χ0) is 27.5. The van der Waals surface area contributed by atoms with E-state index in [2.05, 4.69) is 6.58 Å². The molecule has 0 bridgehead atoms. The van der Waals surface area contributed by atoms with Crippen molar-refractivity contribution in [3.8, 4) is 5.75 Å². The lowest BCUT2D eigenvalue weighted by Gasteiger charge is -2.41. The number of para-hydroxylation sites is 1. The van der Waals surface area contributed by atoms with Crippen LogP contribution in [0.5, 0.6) is 5.75 Å². The van der Waals surface area contributed by atoms with E-state index in [1.54, 1.807) is 54.6 Å². The summed E-state index contributed by atoms with van der Waals surface area (Å²) in [5.41, 5.74) is 0.752. The molecule has 2 atom stereocenters. The summed E-state index contributed by atoms with van der Waals surface area (Å²) >= 11 is 0. The van der Waals surface area contributed by atoms with Crippen molar-refractivity contribution in [2.24, 2.45) is 4.99 Å². The number of aliphatic hydroxyl groups excluding tert-OH is 1. The molecule has 2 aliphatic rings. The Morgan fingerprint density at radius 1 is 1.05 bits per heavy atom. The molecule has 0 saturated carbocycles. The lowest BCUT2D eigenvalue weighted by molar-refractivity contribution is -0.126. The minimum Gasteiger partial charge on any atom is -0.494 e. The number of ether oxygens (including phenoxy) is 2. The van der Waals surface area contributed by atoms with Gasteiger partial charge in [-0.2, -0.15) is 0 Å². The van der Waals surface area contributed by atoms with Gasteiger partial charge in [0.05, 0.1) is 22.9 Å².